The van der Waals surface area contributed by atoms with Crippen molar-refractivity contribution >= 4 is 23.3 Å². The third-order valence-electron chi connectivity index (χ3n) is 4.67. The minimum atomic E-state index is -0.880. The second kappa shape index (κ2) is 7.00. The molecule has 1 saturated heterocycles. The number of ketones is 1. The van der Waals surface area contributed by atoms with Crippen molar-refractivity contribution in [2.75, 3.05) is 13.1 Å². The molecular weight excluding hydrogens is 343 g/mol. The number of amides is 1. The summed E-state index contributed by atoms with van der Waals surface area (Å²) in [5.41, 5.74) is 2.83. The number of halogens is 2. The van der Waals surface area contributed by atoms with Crippen LogP contribution in [0.3, 0.4) is 0 Å². The number of rotatable bonds is 3. The standard InChI is InChI=1S/C19H20ClFN2O2/c1-12-11-17(13(2)23(12)16-5-3-14(20)4-6-16)18(24)19(25)22-9-7-15(21)8-10-22/h3-6,11,15H,7-10H2,1-2H3. The number of likely N-dealkylation sites (tertiary alicyclic amines) is 1. The summed E-state index contributed by atoms with van der Waals surface area (Å²) >= 11 is 5.93. The molecule has 0 spiro atoms. The predicted molar refractivity (Wildman–Crippen MR) is 95.3 cm³/mol. The van der Waals surface area contributed by atoms with Crippen LogP contribution in [0, 0.1) is 13.8 Å². The van der Waals surface area contributed by atoms with Gasteiger partial charge in [-0.05, 0) is 57.0 Å². The van der Waals surface area contributed by atoms with Gasteiger partial charge in [0.25, 0.3) is 11.7 Å². The molecule has 1 aliphatic heterocycles. The normalized spacial score (nSPS) is 15.4. The number of Topliss-reactive ketones (excluding diaryl/α,β-unsaturated/α-hetero) is 1. The van der Waals surface area contributed by atoms with Crippen molar-refractivity contribution in [2.24, 2.45) is 0 Å². The summed E-state index contributed by atoms with van der Waals surface area (Å²) in [6.07, 6.45) is -0.292. The van der Waals surface area contributed by atoms with E-state index >= 15 is 0 Å². The number of carbonyl (C=O) groups is 2. The largest absolute Gasteiger partial charge is 0.336 e. The zero-order valence-electron chi connectivity index (χ0n) is 14.3. The van der Waals surface area contributed by atoms with Gasteiger partial charge in [0.1, 0.15) is 6.17 Å². The van der Waals surface area contributed by atoms with Gasteiger partial charge in [-0.3, -0.25) is 9.59 Å². The molecule has 0 N–H and O–H groups in total. The number of aryl methyl sites for hydroxylation is 1. The van der Waals surface area contributed by atoms with E-state index in [1.54, 1.807) is 18.2 Å². The lowest BCUT2D eigenvalue weighted by molar-refractivity contribution is -0.127. The maximum absolute atomic E-state index is 13.2. The molecule has 1 fully saturated rings. The summed E-state index contributed by atoms with van der Waals surface area (Å²) in [6, 6.07) is 9.02. The van der Waals surface area contributed by atoms with Gasteiger partial charge in [-0.1, -0.05) is 11.6 Å². The SMILES string of the molecule is Cc1cc(C(=O)C(=O)N2CCC(F)CC2)c(C)n1-c1ccc(Cl)cc1. The Balaban J connectivity index is 1.88. The van der Waals surface area contributed by atoms with E-state index in [0.29, 0.717) is 42.2 Å². The van der Waals surface area contributed by atoms with Crippen LogP contribution in [0.4, 0.5) is 4.39 Å². The number of alkyl halides is 1. The van der Waals surface area contributed by atoms with Gasteiger partial charge in [0.05, 0.1) is 0 Å². The van der Waals surface area contributed by atoms with Crippen molar-refractivity contribution in [1.29, 1.82) is 0 Å². The molecule has 1 aromatic carbocycles. The van der Waals surface area contributed by atoms with Gasteiger partial charge < -0.3 is 9.47 Å². The Labute approximate surface area is 151 Å². The average Bonchev–Trinajstić information content (AvgIpc) is 2.90. The summed E-state index contributed by atoms with van der Waals surface area (Å²) in [6.45, 7) is 4.29. The van der Waals surface area contributed by atoms with Crippen molar-refractivity contribution in [3.63, 3.8) is 0 Å². The first-order valence-electron chi connectivity index (χ1n) is 8.31. The fraction of sp³-hybridized carbons (Fsp3) is 0.368. The monoisotopic (exact) mass is 362 g/mol. The number of hydrogen-bond acceptors (Lipinski definition) is 2. The van der Waals surface area contributed by atoms with Gasteiger partial charge in [-0.2, -0.15) is 0 Å². The molecule has 4 nitrogen and oxygen atoms in total. The average molecular weight is 363 g/mol. The van der Waals surface area contributed by atoms with Gasteiger partial charge in [-0.15, -0.1) is 0 Å². The molecule has 1 aromatic heterocycles. The Morgan fingerprint density at radius 1 is 1.12 bits per heavy atom. The summed E-state index contributed by atoms with van der Waals surface area (Å²) < 4.78 is 15.2. The highest BCUT2D eigenvalue weighted by Crippen LogP contribution is 2.23. The Hall–Kier alpha value is -2.14. The van der Waals surface area contributed by atoms with E-state index in [1.807, 2.05) is 30.5 Å². The maximum Gasteiger partial charge on any atom is 0.295 e. The van der Waals surface area contributed by atoms with Crippen LogP contribution < -0.4 is 0 Å². The first-order valence-corrected chi connectivity index (χ1v) is 8.69. The van der Waals surface area contributed by atoms with Crippen molar-refractivity contribution < 1.29 is 14.0 Å². The van der Waals surface area contributed by atoms with Crippen LogP contribution in [-0.4, -0.2) is 40.4 Å². The van der Waals surface area contributed by atoms with Crippen LogP contribution in [-0.2, 0) is 4.79 Å². The summed E-state index contributed by atoms with van der Waals surface area (Å²) in [5.74, 6) is -1.09. The molecule has 0 atom stereocenters. The molecule has 0 aliphatic carbocycles. The van der Waals surface area contributed by atoms with Crippen molar-refractivity contribution in [3.8, 4) is 5.69 Å². The lowest BCUT2D eigenvalue weighted by Crippen LogP contribution is -2.42. The summed E-state index contributed by atoms with van der Waals surface area (Å²) in [4.78, 5) is 26.6. The Morgan fingerprint density at radius 3 is 2.32 bits per heavy atom. The predicted octanol–water partition coefficient (Wildman–Crippen LogP) is 3.89. The molecule has 2 aromatic rings. The lowest BCUT2D eigenvalue weighted by Gasteiger charge is -2.28. The summed E-state index contributed by atoms with van der Waals surface area (Å²) in [5, 5.41) is 0.633. The van der Waals surface area contributed by atoms with E-state index in [-0.39, 0.29) is 0 Å². The van der Waals surface area contributed by atoms with E-state index in [0.717, 1.165) is 11.4 Å². The number of aromatic nitrogens is 1. The number of benzene rings is 1. The molecule has 2 heterocycles. The van der Waals surface area contributed by atoms with E-state index in [9.17, 15) is 14.0 Å². The Kier molecular flexibility index (Phi) is 4.95. The molecule has 0 saturated carbocycles. The molecule has 25 heavy (non-hydrogen) atoms. The Bertz CT molecular complexity index is 806. The molecule has 1 aliphatic rings. The number of hydrogen-bond donors (Lipinski definition) is 0. The Morgan fingerprint density at radius 2 is 1.72 bits per heavy atom. The first-order chi connectivity index (χ1) is 11.9. The molecule has 6 heteroatoms. The van der Waals surface area contributed by atoms with Gasteiger partial charge >= 0.3 is 0 Å². The zero-order valence-corrected chi connectivity index (χ0v) is 15.0. The topological polar surface area (TPSA) is 42.3 Å². The molecule has 0 bridgehead atoms. The highest BCUT2D eigenvalue weighted by atomic mass is 35.5. The van der Waals surface area contributed by atoms with Crippen LogP contribution in [0.5, 0.6) is 0 Å². The number of nitrogens with zero attached hydrogens (tertiary/aromatic N) is 2. The van der Waals surface area contributed by atoms with Crippen molar-refractivity contribution in [2.45, 2.75) is 32.9 Å². The molecule has 132 valence electrons. The number of piperidine rings is 1. The van der Waals surface area contributed by atoms with E-state index in [4.69, 9.17) is 11.6 Å². The van der Waals surface area contributed by atoms with Crippen LogP contribution in [0.2, 0.25) is 5.02 Å². The van der Waals surface area contributed by atoms with Gasteiger partial charge in [0, 0.05) is 40.8 Å². The van der Waals surface area contributed by atoms with E-state index in [1.165, 1.54) is 4.90 Å². The van der Waals surface area contributed by atoms with E-state index in [2.05, 4.69) is 0 Å². The van der Waals surface area contributed by atoms with Gasteiger partial charge in [-0.25, -0.2) is 4.39 Å². The highest BCUT2D eigenvalue weighted by Gasteiger charge is 2.29. The number of carbonyl (C=O) groups excluding carboxylic acids is 2. The van der Waals surface area contributed by atoms with Crippen molar-refractivity contribution in [3.05, 3.63) is 52.3 Å². The molecule has 1 amide bonds. The third kappa shape index (κ3) is 3.47. The van der Waals surface area contributed by atoms with Crippen LogP contribution in [0.25, 0.3) is 5.69 Å². The molecular formula is C19H20ClFN2O2. The van der Waals surface area contributed by atoms with Gasteiger partial charge in [0.15, 0.2) is 0 Å². The van der Waals surface area contributed by atoms with Crippen molar-refractivity contribution in [1.82, 2.24) is 9.47 Å². The quantitative estimate of drug-likeness (QED) is 0.614. The fourth-order valence-electron chi connectivity index (χ4n) is 3.29. The maximum atomic E-state index is 13.2. The molecule has 0 radical (unpaired) electrons. The van der Waals surface area contributed by atoms with Crippen LogP contribution >= 0.6 is 11.6 Å². The lowest BCUT2D eigenvalue weighted by atomic mass is 10.1. The third-order valence-corrected chi connectivity index (χ3v) is 4.92. The smallest absolute Gasteiger partial charge is 0.295 e. The highest BCUT2D eigenvalue weighted by molar-refractivity contribution is 6.43. The molecule has 0 unspecified atom stereocenters. The minimum absolute atomic E-state index is 0.293. The second-order valence-corrected chi connectivity index (χ2v) is 6.83. The second-order valence-electron chi connectivity index (χ2n) is 6.39. The van der Waals surface area contributed by atoms with Gasteiger partial charge in [0.2, 0.25) is 0 Å². The minimum Gasteiger partial charge on any atom is -0.336 e. The fourth-order valence-corrected chi connectivity index (χ4v) is 3.42. The molecule has 3 rings (SSSR count). The zero-order chi connectivity index (χ0) is 18.1. The van der Waals surface area contributed by atoms with Crippen LogP contribution in [0.15, 0.2) is 30.3 Å². The van der Waals surface area contributed by atoms with Crippen LogP contribution in [0.1, 0.15) is 34.6 Å². The van der Waals surface area contributed by atoms with E-state index < -0.39 is 17.9 Å². The summed E-state index contributed by atoms with van der Waals surface area (Å²) in [7, 11) is 0. The first kappa shape index (κ1) is 17.7.